The Morgan fingerprint density at radius 3 is 2.28 bits per heavy atom. The van der Waals surface area contributed by atoms with Crippen LogP contribution in [0.3, 0.4) is 0 Å². The summed E-state index contributed by atoms with van der Waals surface area (Å²) in [4.78, 5) is 4.43. The van der Waals surface area contributed by atoms with Crippen LogP contribution in [0.25, 0.3) is 17.0 Å². The number of halogens is 1. The molecule has 1 N–H and O–H groups in total. The van der Waals surface area contributed by atoms with Gasteiger partial charge in [0.2, 0.25) is 5.89 Å². The first-order valence-corrected chi connectivity index (χ1v) is 9.16. The van der Waals surface area contributed by atoms with Crippen LogP contribution in [0.1, 0.15) is 39.4 Å². The van der Waals surface area contributed by atoms with Crippen molar-refractivity contribution in [3.63, 3.8) is 0 Å². The largest absolute Gasteiger partial charge is 0.435 e. The van der Waals surface area contributed by atoms with E-state index in [1.54, 1.807) is 6.08 Å². The fraction of sp³-hybridized carbons (Fsp3) is 0.286. The highest BCUT2D eigenvalue weighted by molar-refractivity contribution is 9.10. The van der Waals surface area contributed by atoms with Crippen molar-refractivity contribution in [2.45, 2.75) is 33.6 Å². The second-order valence-corrected chi connectivity index (χ2v) is 5.30. The third kappa shape index (κ3) is 7.67. The Morgan fingerprint density at radius 1 is 1.16 bits per heavy atom. The van der Waals surface area contributed by atoms with Gasteiger partial charge in [0.15, 0.2) is 10.4 Å². The van der Waals surface area contributed by atoms with Crippen molar-refractivity contribution in [3.05, 3.63) is 71.6 Å². The molecule has 0 amide bonds. The molecule has 2 aromatic rings. The van der Waals surface area contributed by atoms with Gasteiger partial charge in [-0.1, -0.05) is 56.4 Å². The van der Waals surface area contributed by atoms with Gasteiger partial charge >= 0.3 is 0 Å². The maximum atomic E-state index is 7.00. The average Bonchev–Trinajstić information content (AvgIpc) is 3.09. The molecule has 136 valence electrons. The second-order valence-electron chi connectivity index (χ2n) is 4.55. The number of rotatable bonds is 2. The van der Waals surface area contributed by atoms with Gasteiger partial charge < -0.3 is 9.52 Å². The van der Waals surface area contributed by atoms with E-state index >= 15 is 0 Å². The molecular formula is C21H28BrNO2. The summed E-state index contributed by atoms with van der Waals surface area (Å²) in [6.45, 7) is 9.25. The predicted octanol–water partition coefficient (Wildman–Crippen LogP) is 6.66. The third-order valence-corrected chi connectivity index (χ3v) is 3.40. The lowest BCUT2D eigenvalue weighted by Gasteiger charge is -2.03. The third-order valence-electron chi connectivity index (χ3n) is 2.86. The minimum Gasteiger partial charge on any atom is -0.435 e. The van der Waals surface area contributed by atoms with Crippen molar-refractivity contribution in [2.75, 3.05) is 7.11 Å². The van der Waals surface area contributed by atoms with Crippen molar-refractivity contribution in [3.8, 4) is 11.5 Å². The number of allylic oxidation sites excluding steroid dienone is 5. The van der Waals surface area contributed by atoms with Gasteiger partial charge in [-0.25, -0.2) is 4.98 Å². The second kappa shape index (κ2) is 14.4. The highest BCUT2D eigenvalue weighted by Crippen LogP contribution is 2.32. The van der Waals surface area contributed by atoms with Crippen LogP contribution < -0.4 is 0 Å². The lowest BCUT2D eigenvalue weighted by Crippen LogP contribution is -1.84. The number of benzene rings is 1. The van der Waals surface area contributed by atoms with E-state index < -0.39 is 0 Å². The molecule has 3 nitrogen and oxygen atoms in total. The van der Waals surface area contributed by atoms with Crippen LogP contribution in [0.5, 0.6) is 0 Å². The number of nitrogens with zero attached hydrogens (tertiary/aromatic N) is 1. The zero-order valence-electron chi connectivity index (χ0n) is 15.5. The molecule has 0 bridgehead atoms. The van der Waals surface area contributed by atoms with Gasteiger partial charge in [0.25, 0.3) is 0 Å². The SMILES string of the molecule is Brc1nc(-c2ccccc2)oc1C1=CCCC=C1.C=CC.CC.CO. The Balaban J connectivity index is 0.000000728. The molecule has 0 saturated carbocycles. The maximum absolute atomic E-state index is 7.00. The monoisotopic (exact) mass is 405 g/mol. The lowest BCUT2D eigenvalue weighted by atomic mass is 10.1. The minimum atomic E-state index is 0.650. The maximum Gasteiger partial charge on any atom is 0.227 e. The van der Waals surface area contributed by atoms with E-state index in [4.69, 9.17) is 9.52 Å². The number of aromatic nitrogens is 1. The Bertz CT molecular complexity index is 658. The Labute approximate surface area is 159 Å². The van der Waals surface area contributed by atoms with Crippen molar-refractivity contribution in [2.24, 2.45) is 0 Å². The Morgan fingerprint density at radius 2 is 1.76 bits per heavy atom. The van der Waals surface area contributed by atoms with Gasteiger partial charge in [-0.15, -0.1) is 6.58 Å². The van der Waals surface area contributed by atoms with Crippen molar-refractivity contribution >= 4 is 21.5 Å². The number of hydrogen-bond donors (Lipinski definition) is 1. The molecule has 0 radical (unpaired) electrons. The molecule has 0 unspecified atom stereocenters. The molecule has 4 heteroatoms. The highest BCUT2D eigenvalue weighted by atomic mass is 79.9. The van der Waals surface area contributed by atoms with Crippen molar-refractivity contribution < 1.29 is 9.52 Å². The summed E-state index contributed by atoms with van der Waals surface area (Å²) in [7, 11) is 1.00. The minimum absolute atomic E-state index is 0.650. The first-order chi connectivity index (χ1) is 12.3. The fourth-order valence-electron chi connectivity index (χ4n) is 1.97. The van der Waals surface area contributed by atoms with Crippen LogP contribution >= 0.6 is 15.9 Å². The molecule has 1 aliphatic rings. The van der Waals surface area contributed by atoms with E-state index in [0.29, 0.717) is 5.89 Å². The lowest BCUT2D eigenvalue weighted by molar-refractivity contribution is 0.399. The molecule has 0 atom stereocenters. The van der Waals surface area contributed by atoms with E-state index in [-0.39, 0.29) is 0 Å². The molecule has 1 aliphatic carbocycles. The smallest absolute Gasteiger partial charge is 0.227 e. The van der Waals surface area contributed by atoms with E-state index in [0.717, 1.165) is 41.5 Å². The predicted molar refractivity (Wildman–Crippen MR) is 111 cm³/mol. The number of aliphatic hydroxyl groups excluding tert-OH is 1. The fourth-order valence-corrected chi connectivity index (χ4v) is 2.44. The molecule has 3 rings (SSSR count). The summed E-state index contributed by atoms with van der Waals surface area (Å²) in [5.74, 6) is 1.46. The van der Waals surface area contributed by atoms with E-state index in [2.05, 4.69) is 45.7 Å². The normalized spacial score (nSPS) is 11.5. The number of hydrogen-bond acceptors (Lipinski definition) is 3. The summed E-state index contributed by atoms with van der Waals surface area (Å²) in [6, 6.07) is 9.93. The molecule has 1 aromatic carbocycles. The Hall–Kier alpha value is -1.91. The van der Waals surface area contributed by atoms with E-state index in [1.165, 1.54) is 0 Å². The van der Waals surface area contributed by atoms with Gasteiger partial charge in [-0.2, -0.15) is 0 Å². The highest BCUT2D eigenvalue weighted by Gasteiger charge is 2.15. The quantitative estimate of drug-likeness (QED) is 0.567. The standard InChI is InChI=1S/C15H12BrNO.C3H6.C2H6.CH4O/c16-14-13(11-7-3-1-4-8-11)18-15(17-14)12-9-5-2-6-10-12;1-3-2;2*1-2/h2-3,5-10H,1,4H2;3H,1H2,2H3;1-2H3;2H,1H3. The summed E-state index contributed by atoms with van der Waals surface area (Å²) < 4.78 is 6.63. The number of oxazole rings is 1. The van der Waals surface area contributed by atoms with Crippen LogP contribution in [-0.2, 0) is 0 Å². The molecule has 25 heavy (non-hydrogen) atoms. The first-order valence-electron chi connectivity index (χ1n) is 8.37. The van der Waals surface area contributed by atoms with Crippen LogP contribution in [-0.4, -0.2) is 17.2 Å². The summed E-state index contributed by atoms with van der Waals surface area (Å²) >= 11 is 3.47. The first kappa shape index (κ1) is 23.1. The van der Waals surface area contributed by atoms with Crippen molar-refractivity contribution in [1.29, 1.82) is 0 Å². The molecular weight excluding hydrogens is 378 g/mol. The van der Waals surface area contributed by atoms with Gasteiger partial charge in [-0.05, 0) is 47.8 Å². The van der Waals surface area contributed by atoms with Crippen LogP contribution in [0.2, 0.25) is 0 Å². The van der Waals surface area contributed by atoms with E-state index in [9.17, 15) is 0 Å². The Kier molecular flexibility index (Phi) is 13.3. The summed E-state index contributed by atoms with van der Waals surface area (Å²) in [5, 5.41) is 7.00. The molecule has 0 fully saturated rings. The molecule has 1 heterocycles. The van der Waals surface area contributed by atoms with Gasteiger partial charge in [-0.3, -0.25) is 0 Å². The molecule has 0 saturated heterocycles. The summed E-state index contributed by atoms with van der Waals surface area (Å²) in [5.41, 5.74) is 2.09. The molecule has 0 aliphatic heterocycles. The van der Waals surface area contributed by atoms with Crippen LogP contribution in [0.15, 0.2) is 70.2 Å². The van der Waals surface area contributed by atoms with Crippen molar-refractivity contribution in [1.82, 2.24) is 4.98 Å². The topological polar surface area (TPSA) is 46.3 Å². The zero-order chi connectivity index (χ0) is 19.1. The average molecular weight is 406 g/mol. The zero-order valence-corrected chi connectivity index (χ0v) is 17.1. The molecule has 0 spiro atoms. The molecule has 1 aromatic heterocycles. The summed E-state index contributed by atoms with van der Waals surface area (Å²) in [6.07, 6.45) is 10.3. The van der Waals surface area contributed by atoms with Gasteiger partial charge in [0, 0.05) is 18.2 Å². The number of aliphatic hydroxyl groups is 1. The van der Waals surface area contributed by atoms with E-state index in [1.807, 2.05) is 51.1 Å². The van der Waals surface area contributed by atoms with Crippen LogP contribution in [0, 0.1) is 0 Å². The van der Waals surface area contributed by atoms with Crippen LogP contribution in [0.4, 0.5) is 0 Å². The van der Waals surface area contributed by atoms with Gasteiger partial charge in [0.1, 0.15) is 0 Å². The van der Waals surface area contributed by atoms with Gasteiger partial charge in [0.05, 0.1) is 0 Å².